The molecule has 0 radical (unpaired) electrons. The monoisotopic (exact) mass is 332 g/mol. The van der Waals surface area contributed by atoms with Crippen LogP contribution in [0.15, 0.2) is 53.4 Å². The van der Waals surface area contributed by atoms with Gasteiger partial charge in [0.1, 0.15) is 4.90 Å². The Bertz CT molecular complexity index is 790. The van der Waals surface area contributed by atoms with E-state index in [1.54, 1.807) is 37.3 Å². The number of para-hydroxylation sites is 1. The Labute approximate surface area is 137 Å². The molecular weight excluding hydrogens is 312 g/mol. The van der Waals surface area contributed by atoms with Crippen molar-refractivity contribution in [3.05, 3.63) is 59.7 Å². The van der Waals surface area contributed by atoms with Crippen molar-refractivity contribution < 1.29 is 17.4 Å². The summed E-state index contributed by atoms with van der Waals surface area (Å²) in [4.78, 5) is 12.0. The molecule has 0 heterocycles. The van der Waals surface area contributed by atoms with E-state index in [1.165, 1.54) is 18.2 Å². The van der Waals surface area contributed by atoms with Crippen LogP contribution in [0.25, 0.3) is 0 Å². The standard InChI is InChI=1S/C18H20O4S/c1-4-17(19)16-7-5-6-8-18(16)22-23(20,21)15-11-9-14(10-12-15)13(2)3/h5-13H,4H2,1-3H3. The Morgan fingerprint density at radius 3 is 2.22 bits per heavy atom. The molecule has 2 rings (SSSR count). The van der Waals surface area contributed by atoms with Crippen LogP contribution in [-0.2, 0) is 10.1 Å². The Hall–Kier alpha value is -2.14. The van der Waals surface area contributed by atoms with Crippen LogP contribution in [-0.4, -0.2) is 14.2 Å². The summed E-state index contributed by atoms with van der Waals surface area (Å²) in [6, 6.07) is 13.0. The van der Waals surface area contributed by atoms with Crippen LogP contribution < -0.4 is 4.18 Å². The molecule has 2 aromatic carbocycles. The maximum Gasteiger partial charge on any atom is 0.339 e. The number of carbonyl (C=O) groups is 1. The molecule has 0 aliphatic rings. The first-order valence-corrected chi connectivity index (χ1v) is 8.92. The van der Waals surface area contributed by atoms with Crippen molar-refractivity contribution in [1.29, 1.82) is 0 Å². The van der Waals surface area contributed by atoms with Gasteiger partial charge in [-0.1, -0.05) is 45.0 Å². The van der Waals surface area contributed by atoms with Crippen molar-refractivity contribution >= 4 is 15.9 Å². The molecule has 0 aliphatic heterocycles. The quantitative estimate of drug-likeness (QED) is 0.588. The number of rotatable bonds is 6. The fourth-order valence-corrected chi connectivity index (χ4v) is 3.09. The predicted molar refractivity (Wildman–Crippen MR) is 89.4 cm³/mol. The molecule has 4 nitrogen and oxygen atoms in total. The van der Waals surface area contributed by atoms with E-state index < -0.39 is 10.1 Å². The van der Waals surface area contributed by atoms with E-state index in [0.717, 1.165) is 5.56 Å². The molecule has 0 N–H and O–H groups in total. The summed E-state index contributed by atoms with van der Waals surface area (Å²) in [7, 11) is -3.97. The lowest BCUT2D eigenvalue weighted by atomic mass is 10.0. The summed E-state index contributed by atoms with van der Waals surface area (Å²) < 4.78 is 30.0. The van der Waals surface area contributed by atoms with Crippen LogP contribution in [0.1, 0.15) is 49.0 Å². The summed E-state index contributed by atoms with van der Waals surface area (Å²) in [5, 5.41) is 0. The van der Waals surface area contributed by atoms with Gasteiger partial charge in [-0.05, 0) is 35.7 Å². The van der Waals surface area contributed by atoms with Crippen LogP contribution >= 0.6 is 0 Å². The number of hydrogen-bond donors (Lipinski definition) is 0. The third kappa shape index (κ3) is 3.99. The van der Waals surface area contributed by atoms with E-state index in [1.807, 2.05) is 13.8 Å². The molecule has 0 fully saturated rings. The Morgan fingerprint density at radius 1 is 1.04 bits per heavy atom. The first kappa shape index (κ1) is 17.2. The molecule has 0 spiro atoms. The molecule has 0 aromatic heterocycles. The number of ketones is 1. The highest BCUT2D eigenvalue weighted by Crippen LogP contribution is 2.25. The van der Waals surface area contributed by atoms with Crippen LogP contribution in [0.4, 0.5) is 0 Å². The number of carbonyl (C=O) groups excluding carboxylic acids is 1. The zero-order valence-corrected chi connectivity index (χ0v) is 14.3. The van der Waals surface area contributed by atoms with E-state index in [9.17, 15) is 13.2 Å². The normalized spacial score (nSPS) is 11.5. The summed E-state index contributed by atoms with van der Waals surface area (Å²) in [6.07, 6.45) is 0.281. The minimum atomic E-state index is -3.97. The van der Waals surface area contributed by atoms with Gasteiger partial charge in [0.2, 0.25) is 0 Å². The molecule has 0 saturated heterocycles. The lowest BCUT2D eigenvalue weighted by Crippen LogP contribution is -2.12. The SMILES string of the molecule is CCC(=O)c1ccccc1OS(=O)(=O)c1ccc(C(C)C)cc1. The van der Waals surface area contributed by atoms with Gasteiger partial charge in [0, 0.05) is 6.42 Å². The topological polar surface area (TPSA) is 60.4 Å². The molecule has 0 unspecified atom stereocenters. The first-order valence-electron chi connectivity index (χ1n) is 7.52. The largest absolute Gasteiger partial charge is 0.378 e. The maximum atomic E-state index is 12.4. The third-order valence-corrected chi connectivity index (χ3v) is 4.79. The number of benzene rings is 2. The van der Waals surface area contributed by atoms with Gasteiger partial charge in [0.05, 0.1) is 5.56 Å². The molecule has 23 heavy (non-hydrogen) atoms. The van der Waals surface area contributed by atoms with E-state index >= 15 is 0 Å². The Kier molecular flexibility index (Phi) is 5.21. The van der Waals surface area contributed by atoms with E-state index in [4.69, 9.17) is 4.18 Å². The zero-order chi connectivity index (χ0) is 17.0. The lowest BCUT2D eigenvalue weighted by molar-refractivity contribution is 0.0986. The van der Waals surface area contributed by atoms with Crippen molar-refractivity contribution in [2.45, 2.75) is 38.0 Å². The van der Waals surface area contributed by atoms with Crippen molar-refractivity contribution in [2.24, 2.45) is 0 Å². The third-order valence-electron chi connectivity index (χ3n) is 3.54. The average Bonchev–Trinajstić information content (AvgIpc) is 2.54. The summed E-state index contributed by atoms with van der Waals surface area (Å²) >= 11 is 0. The van der Waals surface area contributed by atoms with Crippen LogP contribution in [0.5, 0.6) is 5.75 Å². The lowest BCUT2D eigenvalue weighted by Gasteiger charge is -2.11. The fraction of sp³-hybridized carbons (Fsp3) is 0.278. The molecule has 0 bridgehead atoms. The Balaban J connectivity index is 2.34. The van der Waals surface area contributed by atoms with Gasteiger partial charge >= 0.3 is 10.1 Å². The maximum absolute atomic E-state index is 12.4. The average molecular weight is 332 g/mol. The van der Waals surface area contributed by atoms with Crippen molar-refractivity contribution in [1.82, 2.24) is 0 Å². The van der Waals surface area contributed by atoms with Crippen LogP contribution in [0, 0.1) is 0 Å². The first-order chi connectivity index (χ1) is 10.8. The highest BCUT2D eigenvalue weighted by Gasteiger charge is 2.20. The minimum Gasteiger partial charge on any atom is -0.378 e. The molecular formula is C18H20O4S. The summed E-state index contributed by atoms with van der Waals surface area (Å²) in [6.45, 7) is 5.79. The highest BCUT2D eigenvalue weighted by atomic mass is 32.2. The predicted octanol–water partition coefficient (Wildman–Crippen LogP) is 4.17. The van der Waals surface area contributed by atoms with E-state index in [-0.39, 0.29) is 28.4 Å². The number of Topliss-reactive ketones (excluding diaryl/α,β-unsaturated/α-hetero) is 1. The molecule has 5 heteroatoms. The molecule has 0 aliphatic carbocycles. The van der Waals surface area contributed by atoms with Gasteiger partial charge in [0.15, 0.2) is 11.5 Å². The van der Waals surface area contributed by atoms with Crippen molar-refractivity contribution in [3.8, 4) is 5.75 Å². The van der Waals surface area contributed by atoms with E-state index in [2.05, 4.69) is 0 Å². The van der Waals surface area contributed by atoms with Gasteiger partial charge in [-0.15, -0.1) is 0 Å². The minimum absolute atomic E-state index is 0.0623. The second-order valence-electron chi connectivity index (χ2n) is 5.53. The van der Waals surface area contributed by atoms with Gasteiger partial charge in [-0.2, -0.15) is 8.42 Å². The second-order valence-corrected chi connectivity index (χ2v) is 7.08. The molecule has 0 atom stereocenters. The fourth-order valence-electron chi connectivity index (χ4n) is 2.15. The smallest absolute Gasteiger partial charge is 0.339 e. The summed E-state index contributed by atoms with van der Waals surface area (Å²) in [5.74, 6) is 0.216. The zero-order valence-electron chi connectivity index (χ0n) is 13.4. The molecule has 0 saturated carbocycles. The molecule has 2 aromatic rings. The van der Waals surface area contributed by atoms with Crippen LogP contribution in [0.3, 0.4) is 0 Å². The van der Waals surface area contributed by atoms with E-state index in [0.29, 0.717) is 5.92 Å². The van der Waals surface area contributed by atoms with Crippen molar-refractivity contribution in [2.75, 3.05) is 0 Å². The summed E-state index contributed by atoms with van der Waals surface area (Å²) in [5.41, 5.74) is 1.32. The highest BCUT2D eigenvalue weighted by molar-refractivity contribution is 7.87. The van der Waals surface area contributed by atoms with Gasteiger partial charge < -0.3 is 4.18 Å². The van der Waals surface area contributed by atoms with Gasteiger partial charge in [-0.25, -0.2) is 0 Å². The second kappa shape index (κ2) is 6.96. The number of hydrogen-bond acceptors (Lipinski definition) is 4. The van der Waals surface area contributed by atoms with Gasteiger partial charge in [0.25, 0.3) is 0 Å². The molecule has 122 valence electrons. The molecule has 0 amide bonds. The van der Waals surface area contributed by atoms with Crippen molar-refractivity contribution in [3.63, 3.8) is 0 Å². The Morgan fingerprint density at radius 2 is 1.65 bits per heavy atom. The van der Waals surface area contributed by atoms with Gasteiger partial charge in [-0.3, -0.25) is 4.79 Å². The van der Waals surface area contributed by atoms with Crippen LogP contribution in [0.2, 0.25) is 0 Å².